The highest BCUT2D eigenvalue weighted by Gasteiger charge is 2.25. The molecule has 0 saturated heterocycles. The van der Waals surface area contributed by atoms with E-state index in [1.165, 1.54) is 13.8 Å². The summed E-state index contributed by atoms with van der Waals surface area (Å²) in [7, 11) is 0. The van der Waals surface area contributed by atoms with Crippen molar-refractivity contribution < 1.29 is 28.5 Å². The van der Waals surface area contributed by atoms with Crippen LogP contribution in [-0.2, 0) is 28.5 Å². The minimum atomic E-state index is -0.353. The average Bonchev–Trinajstić information content (AvgIpc) is 3.28. The molecular formula is C17H19N3O6. The van der Waals surface area contributed by atoms with Gasteiger partial charge in [0.1, 0.15) is 49.9 Å². The summed E-state index contributed by atoms with van der Waals surface area (Å²) in [5.41, 5.74) is 1.09. The first kappa shape index (κ1) is 17.8. The molecule has 2 atom stereocenters. The number of hydrogen-bond donors (Lipinski definition) is 0. The molecule has 3 rings (SSSR count). The summed E-state index contributed by atoms with van der Waals surface area (Å²) in [5, 5.41) is 0. The van der Waals surface area contributed by atoms with Gasteiger partial charge < -0.3 is 18.9 Å². The van der Waals surface area contributed by atoms with Gasteiger partial charge in [0.2, 0.25) is 11.8 Å². The topological polar surface area (TPSA) is 109 Å². The van der Waals surface area contributed by atoms with E-state index in [9.17, 15) is 9.59 Å². The number of rotatable bonds is 6. The predicted molar refractivity (Wildman–Crippen MR) is 90.1 cm³/mol. The standard InChI is InChI=1S/C17H19N3O6/c1-10(21)23-6-12-8-25-16(18-12)14-4-3-5-15(20-14)17-19-13(9-26-17)7-24-11(2)22/h3-5,12-13H,6-9H2,1-2H3/t12-,13-/m0/s1. The lowest BCUT2D eigenvalue weighted by molar-refractivity contribution is -0.142. The van der Waals surface area contributed by atoms with Crippen LogP contribution in [0, 0.1) is 0 Å². The first-order chi connectivity index (χ1) is 12.5. The molecule has 0 N–H and O–H groups in total. The van der Waals surface area contributed by atoms with Crippen LogP contribution in [0.4, 0.5) is 0 Å². The Bertz CT molecular complexity index is 701. The van der Waals surface area contributed by atoms with Gasteiger partial charge in [-0.3, -0.25) is 9.59 Å². The van der Waals surface area contributed by atoms with Gasteiger partial charge in [-0.25, -0.2) is 15.0 Å². The normalized spacial score (nSPS) is 21.3. The van der Waals surface area contributed by atoms with E-state index in [-0.39, 0.29) is 37.2 Å². The lowest BCUT2D eigenvalue weighted by Crippen LogP contribution is -2.16. The van der Waals surface area contributed by atoms with Crippen LogP contribution >= 0.6 is 0 Å². The maximum absolute atomic E-state index is 10.9. The first-order valence-corrected chi connectivity index (χ1v) is 8.17. The molecule has 26 heavy (non-hydrogen) atoms. The lowest BCUT2D eigenvalue weighted by Gasteiger charge is -2.04. The molecule has 0 unspecified atom stereocenters. The summed E-state index contributed by atoms with van der Waals surface area (Å²) in [5.74, 6) is 0.0695. The number of ether oxygens (including phenoxy) is 4. The number of esters is 2. The zero-order chi connectivity index (χ0) is 18.5. The van der Waals surface area contributed by atoms with E-state index in [1.807, 2.05) is 0 Å². The maximum atomic E-state index is 10.9. The van der Waals surface area contributed by atoms with E-state index in [2.05, 4.69) is 15.0 Å². The fraction of sp³-hybridized carbons (Fsp3) is 0.471. The second kappa shape index (κ2) is 7.94. The summed E-state index contributed by atoms with van der Waals surface area (Å²) in [4.78, 5) is 35.0. The average molecular weight is 361 g/mol. The number of aliphatic imine (C=N–C) groups is 2. The molecule has 3 heterocycles. The van der Waals surface area contributed by atoms with Crippen molar-refractivity contribution >= 4 is 23.7 Å². The van der Waals surface area contributed by atoms with Gasteiger partial charge in [0.15, 0.2) is 0 Å². The number of carbonyl (C=O) groups excluding carboxylic acids is 2. The first-order valence-electron chi connectivity index (χ1n) is 8.17. The van der Waals surface area contributed by atoms with Crippen LogP contribution in [0.5, 0.6) is 0 Å². The van der Waals surface area contributed by atoms with Crippen LogP contribution in [0.1, 0.15) is 25.2 Å². The number of aromatic nitrogens is 1. The molecule has 9 heteroatoms. The van der Waals surface area contributed by atoms with Gasteiger partial charge in [-0.2, -0.15) is 0 Å². The molecule has 0 spiro atoms. The Balaban J connectivity index is 1.67. The highest BCUT2D eigenvalue weighted by Crippen LogP contribution is 2.15. The molecule has 0 bridgehead atoms. The molecule has 0 fully saturated rings. The van der Waals surface area contributed by atoms with Gasteiger partial charge in [0.25, 0.3) is 0 Å². The van der Waals surface area contributed by atoms with Crippen LogP contribution in [0.25, 0.3) is 0 Å². The third-order valence-electron chi connectivity index (χ3n) is 3.57. The third-order valence-corrected chi connectivity index (χ3v) is 3.57. The van der Waals surface area contributed by atoms with Crippen LogP contribution in [0.3, 0.4) is 0 Å². The second-order valence-corrected chi connectivity index (χ2v) is 5.81. The van der Waals surface area contributed by atoms with E-state index in [0.29, 0.717) is 36.4 Å². The summed E-state index contributed by atoms with van der Waals surface area (Å²) in [6, 6.07) is 4.85. The van der Waals surface area contributed by atoms with Crippen molar-refractivity contribution in [2.75, 3.05) is 26.4 Å². The van der Waals surface area contributed by atoms with Crippen LogP contribution < -0.4 is 0 Å². The zero-order valence-corrected chi connectivity index (χ0v) is 14.5. The highest BCUT2D eigenvalue weighted by molar-refractivity contribution is 5.97. The molecular weight excluding hydrogens is 342 g/mol. The SMILES string of the molecule is CC(=O)OC[C@H]1COC(c2cccc(C3=N[C@@H](COC(C)=O)CO3)n2)=N1. The van der Waals surface area contributed by atoms with Crippen molar-refractivity contribution in [2.24, 2.45) is 9.98 Å². The quantitative estimate of drug-likeness (QED) is 0.679. The monoisotopic (exact) mass is 361 g/mol. The van der Waals surface area contributed by atoms with Gasteiger partial charge >= 0.3 is 11.9 Å². The third kappa shape index (κ3) is 4.56. The minimum absolute atomic E-state index is 0.173. The molecule has 9 nitrogen and oxygen atoms in total. The Morgan fingerprint density at radius 3 is 1.85 bits per heavy atom. The minimum Gasteiger partial charge on any atom is -0.474 e. The molecule has 0 radical (unpaired) electrons. The lowest BCUT2D eigenvalue weighted by atomic mass is 10.3. The van der Waals surface area contributed by atoms with Gasteiger partial charge in [0, 0.05) is 13.8 Å². The molecule has 0 aromatic carbocycles. The largest absolute Gasteiger partial charge is 0.474 e. The van der Waals surface area contributed by atoms with Gasteiger partial charge in [0.05, 0.1) is 0 Å². The Morgan fingerprint density at radius 1 is 0.962 bits per heavy atom. The van der Waals surface area contributed by atoms with E-state index in [0.717, 1.165) is 0 Å². The Hall–Kier alpha value is -2.97. The van der Waals surface area contributed by atoms with Crippen molar-refractivity contribution in [3.05, 3.63) is 29.6 Å². The van der Waals surface area contributed by atoms with Crippen LogP contribution in [0.15, 0.2) is 28.2 Å². The Morgan fingerprint density at radius 2 is 1.42 bits per heavy atom. The van der Waals surface area contributed by atoms with E-state index < -0.39 is 0 Å². The smallest absolute Gasteiger partial charge is 0.302 e. The van der Waals surface area contributed by atoms with Crippen molar-refractivity contribution in [3.63, 3.8) is 0 Å². The summed E-state index contributed by atoms with van der Waals surface area (Å²) in [6.45, 7) is 3.70. The van der Waals surface area contributed by atoms with E-state index in [1.54, 1.807) is 18.2 Å². The molecule has 2 aliphatic rings. The van der Waals surface area contributed by atoms with Crippen molar-refractivity contribution in [2.45, 2.75) is 25.9 Å². The molecule has 1 aromatic heterocycles. The molecule has 1 aromatic rings. The summed E-state index contributed by atoms with van der Waals surface area (Å²) < 4.78 is 21.0. The second-order valence-electron chi connectivity index (χ2n) is 5.81. The fourth-order valence-corrected chi connectivity index (χ4v) is 2.38. The number of nitrogens with zero attached hydrogens (tertiary/aromatic N) is 3. The summed E-state index contributed by atoms with van der Waals surface area (Å²) in [6.07, 6.45) is 0. The number of pyridine rings is 1. The van der Waals surface area contributed by atoms with Crippen molar-refractivity contribution in [1.29, 1.82) is 0 Å². The van der Waals surface area contributed by atoms with Gasteiger partial charge in [-0.15, -0.1) is 0 Å². The van der Waals surface area contributed by atoms with Gasteiger partial charge in [-0.1, -0.05) is 6.07 Å². The van der Waals surface area contributed by atoms with Gasteiger partial charge in [-0.05, 0) is 12.1 Å². The van der Waals surface area contributed by atoms with Crippen molar-refractivity contribution in [3.8, 4) is 0 Å². The Labute approximate surface area is 150 Å². The Kier molecular flexibility index (Phi) is 5.45. The summed E-state index contributed by atoms with van der Waals surface area (Å²) >= 11 is 0. The highest BCUT2D eigenvalue weighted by atomic mass is 16.5. The van der Waals surface area contributed by atoms with Crippen molar-refractivity contribution in [1.82, 2.24) is 4.98 Å². The number of carbonyl (C=O) groups is 2. The van der Waals surface area contributed by atoms with Crippen LogP contribution in [-0.4, -0.2) is 67.2 Å². The molecule has 138 valence electrons. The molecule has 2 aliphatic heterocycles. The van der Waals surface area contributed by atoms with E-state index >= 15 is 0 Å². The molecule has 0 saturated carbocycles. The maximum Gasteiger partial charge on any atom is 0.302 e. The predicted octanol–water partition coefficient (Wildman–Crippen LogP) is 0.499. The molecule has 0 amide bonds. The van der Waals surface area contributed by atoms with Crippen LogP contribution in [0.2, 0.25) is 0 Å². The number of hydrogen-bond acceptors (Lipinski definition) is 9. The van der Waals surface area contributed by atoms with E-state index in [4.69, 9.17) is 18.9 Å². The zero-order valence-electron chi connectivity index (χ0n) is 14.5. The molecule has 0 aliphatic carbocycles. The fourth-order valence-electron chi connectivity index (χ4n) is 2.38.